The summed E-state index contributed by atoms with van der Waals surface area (Å²) >= 11 is 0. The lowest BCUT2D eigenvalue weighted by Gasteiger charge is -2.31. The second-order valence-corrected chi connectivity index (χ2v) is 7.39. The van der Waals surface area contributed by atoms with Gasteiger partial charge in [-0.2, -0.15) is 15.3 Å². The van der Waals surface area contributed by atoms with Crippen LogP contribution < -0.4 is 11.0 Å². The molecule has 0 bridgehead atoms. The first-order valence-electron chi connectivity index (χ1n) is 9.53. The molecule has 5 rings (SSSR count). The van der Waals surface area contributed by atoms with E-state index in [1.54, 1.807) is 24.0 Å². The molecule has 4 aromatic heterocycles. The summed E-state index contributed by atoms with van der Waals surface area (Å²) < 4.78 is 10.0. The number of fused-ring (bicyclic) bond motifs is 2. The molecule has 0 radical (unpaired) electrons. The van der Waals surface area contributed by atoms with Crippen molar-refractivity contribution >= 4 is 28.4 Å². The largest absolute Gasteiger partial charge is 0.381 e. The third kappa shape index (κ3) is 2.65. The van der Waals surface area contributed by atoms with Crippen LogP contribution in [0.4, 0.5) is 11.6 Å². The fourth-order valence-electron chi connectivity index (χ4n) is 3.86. The van der Waals surface area contributed by atoms with Crippen molar-refractivity contribution in [3.8, 4) is 6.07 Å². The number of aromatic nitrogens is 7. The highest BCUT2D eigenvalue weighted by Gasteiger charge is 2.38. The van der Waals surface area contributed by atoms with Crippen molar-refractivity contribution < 1.29 is 4.74 Å². The van der Waals surface area contributed by atoms with E-state index >= 15 is 0 Å². The zero-order valence-corrected chi connectivity index (χ0v) is 16.5. The van der Waals surface area contributed by atoms with E-state index in [-0.39, 0.29) is 5.69 Å². The minimum absolute atomic E-state index is 0.292. The average Bonchev–Trinajstić information content (AvgIpc) is 3.31. The maximum absolute atomic E-state index is 13.0. The molecular formula is C19H19N9O2. The molecule has 30 heavy (non-hydrogen) atoms. The molecule has 0 aromatic carbocycles. The number of imidazole rings is 1. The molecule has 11 heteroatoms. The standard InChI is InChI=1S/C19H19N9O2/c1-12-7-15-22-11-23-27(15)9-13(12)24-17-21-8-14-16(25-17)28(18(29)26(14)2)19(10-20)3-5-30-6-4-19/h7-9,11H,3-6H2,1-2H3,(H,21,24,25). The highest BCUT2D eigenvalue weighted by atomic mass is 16.5. The number of hydrogen-bond acceptors (Lipinski definition) is 8. The Morgan fingerprint density at radius 1 is 1.30 bits per heavy atom. The summed E-state index contributed by atoms with van der Waals surface area (Å²) in [6.07, 6.45) is 5.74. The van der Waals surface area contributed by atoms with Gasteiger partial charge in [0.1, 0.15) is 17.4 Å². The summed E-state index contributed by atoms with van der Waals surface area (Å²) in [4.78, 5) is 26.2. The fraction of sp³-hybridized carbons (Fsp3) is 0.368. The van der Waals surface area contributed by atoms with Gasteiger partial charge in [0.15, 0.2) is 11.3 Å². The third-order valence-electron chi connectivity index (χ3n) is 5.63. The van der Waals surface area contributed by atoms with Crippen molar-refractivity contribution in [2.75, 3.05) is 18.5 Å². The minimum atomic E-state index is -0.990. The molecule has 152 valence electrons. The van der Waals surface area contributed by atoms with Crippen LogP contribution >= 0.6 is 0 Å². The van der Waals surface area contributed by atoms with Crippen LogP contribution in [0.15, 0.2) is 29.6 Å². The molecule has 0 aliphatic carbocycles. The lowest BCUT2D eigenvalue weighted by atomic mass is 9.91. The molecule has 11 nitrogen and oxygen atoms in total. The molecule has 4 aromatic rings. The summed E-state index contributed by atoms with van der Waals surface area (Å²) in [5, 5.41) is 17.3. The van der Waals surface area contributed by atoms with Crippen LogP contribution in [0.5, 0.6) is 0 Å². The van der Waals surface area contributed by atoms with Crippen molar-refractivity contribution in [3.05, 3.63) is 40.8 Å². The molecule has 1 fully saturated rings. The number of pyridine rings is 1. The summed E-state index contributed by atoms with van der Waals surface area (Å²) in [6, 6.07) is 4.25. The summed E-state index contributed by atoms with van der Waals surface area (Å²) in [6.45, 7) is 2.79. The lowest BCUT2D eigenvalue weighted by molar-refractivity contribution is 0.0448. The third-order valence-corrected chi connectivity index (χ3v) is 5.63. The first-order chi connectivity index (χ1) is 14.5. The van der Waals surface area contributed by atoms with E-state index in [9.17, 15) is 10.1 Å². The maximum atomic E-state index is 13.0. The number of ether oxygens (including phenoxy) is 1. The number of aryl methyl sites for hydroxylation is 2. The van der Waals surface area contributed by atoms with Gasteiger partial charge in [0.05, 0.1) is 24.2 Å². The van der Waals surface area contributed by atoms with Gasteiger partial charge in [-0.05, 0) is 18.6 Å². The molecule has 1 aliphatic heterocycles. The number of rotatable bonds is 3. The van der Waals surface area contributed by atoms with E-state index in [0.29, 0.717) is 43.2 Å². The summed E-state index contributed by atoms with van der Waals surface area (Å²) in [7, 11) is 1.66. The van der Waals surface area contributed by atoms with E-state index < -0.39 is 5.54 Å². The van der Waals surface area contributed by atoms with Crippen molar-refractivity contribution in [1.29, 1.82) is 5.26 Å². The van der Waals surface area contributed by atoms with Crippen LogP contribution in [0.3, 0.4) is 0 Å². The topological polar surface area (TPSA) is 128 Å². The van der Waals surface area contributed by atoms with Gasteiger partial charge in [-0.1, -0.05) is 0 Å². The fourth-order valence-corrected chi connectivity index (χ4v) is 3.86. The Morgan fingerprint density at radius 2 is 2.10 bits per heavy atom. The van der Waals surface area contributed by atoms with Crippen LogP contribution in [-0.2, 0) is 17.3 Å². The SMILES string of the molecule is Cc1cc2ncnn2cc1Nc1ncc2c(n1)n(C1(C#N)CCOCC1)c(=O)n2C. The zero-order chi connectivity index (χ0) is 20.9. The van der Waals surface area contributed by atoms with Crippen molar-refractivity contribution in [2.24, 2.45) is 7.05 Å². The Hall–Kier alpha value is -3.78. The average molecular weight is 405 g/mol. The minimum Gasteiger partial charge on any atom is -0.381 e. The number of nitrogens with zero attached hydrogens (tertiary/aromatic N) is 8. The van der Waals surface area contributed by atoms with Gasteiger partial charge in [0, 0.05) is 33.1 Å². The highest BCUT2D eigenvalue weighted by Crippen LogP contribution is 2.30. The van der Waals surface area contributed by atoms with Gasteiger partial charge in [-0.15, -0.1) is 0 Å². The summed E-state index contributed by atoms with van der Waals surface area (Å²) in [5.74, 6) is 0.324. The second kappa shape index (κ2) is 6.64. The monoisotopic (exact) mass is 405 g/mol. The van der Waals surface area contributed by atoms with Crippen LogP contribution in [0.25, 0.3) is 16.8 Å². The van der Waals surface area contributed by atoms with Gasteiger partial charge in [0.25, 0.3) is 0 Å². The van der Waals surface area contributed by atoms with Gasteiger partial charge in [0.2, 0.25) is 5.95 Å². The molecule has 0 unspecified atom stereocenters. The Bertz CT molecular complexity index is 1370. The predicted molar refractivity (Wildman–Crippen MR) is 107 cm³/mol. The molecule has 5 heterocycles. The molecule has 0 atom stereocenters. The Kier molecular flexibility index (Phi) is 4.04. The Balaban J connectivity index is 1.64. The molecule has 0 saturated carbocycles. The Morgan fingerprint density at radius 3 is 2.87 bits per heavy atom. The first kappa shape index (κ1) is 18.3. The van der Waals surface area contributed by atoms with E-state index in [2.05, 4.69) is 31.4 Å². The van der Waals surface area contributed by atoms with Gasteiger partial charge >= 0.3 is 5.69 Å². The van der Waals surface area contributed by atoms with Crippen molar-refractivity contribution in [2.45, 2.75) is 25.3 Å². The van der Waals surface area contributed by atoms with E-state index in [4.69, 9.17) is 4.74 Å². The predicted octanol–water partition coefficient (Wildman–Crippen LogP) is 1.25. The van der Waals surface area contributed by atoms with Gasteiger partial charge in [-0.3, -0.25) is 9.13 Å². The van der Waals surface area contributed by atoms with Crippen LogP contribution in [0.1, 0.15) is 18.4 Å². The van der Waals surface area contributed by atoms with Crippen LogP contribution in [0, 0.1) is 18.3 Å². The smallest absolute Gasteiger partial charge is 0.331 e. The quantitative estimate of drug-likeness (QED) is 0.539. The van der Waals surface area contributed by atoms with Crippen molar-refractivity contribution in [3.63, 3.8) is 0 Å². The molecule has 1 saturated heterocycles. The first-order valence-corrected chi connectivity index (χ1v) is 9.53. The molecule has 0 amide bonds. The Labute approximate surface area is 170 Å². The number of nitrogens with one attached hydrogen (secondary N) is 1. The van der Waals surface area contributed by atoms with E-state index in [1.807, 2.05) is 13.0 Å². The van der Waals surface area contributed by atoms with Crippen LogP contribution in [-0.4, -0.2) is 46.9 Å². The molecule has 1 N–H and O–H groups in total. The normalized spacial score (nSPS) is 16.0. The molecule has 1 aliphatic rings. The maximum Gasteiger partial charge on any atom is 0.331 e. The van der Waals surface area contributed by atoms with E-state index in [0.717, 1.165) is 16.9 Å². The van der Waals surface area contributed by atoms with Gasteiger partial charge in [-0.25, -0.2) is 19.3 Å². The number of nitriles is 1. The van der Waals surface area contributed by atoms with Crippen LogP contribution in [0.2, 0.25) is 0 Å². The summed E-state index contributed by atoms with van der Waals surface area (Å²) in [5.41, 5.74) is 2.15. The highest BCUT2D eigenvalue weighted by molar-refractivity contribution is 5.74. The molecular weight excluding hydrogens is 386 g/mol. The van der Waals surface area contributed by atoms with Crippen molar-refractivity contribution in [1.82, 2.24) is 33.7 Å². The zero-order valence-electron chi connectivity index (χ0n) is 16.5. The second-order valence-electron chi connectivity index (χ2n) is 7.39. The van der Waals surface area contributed by atoms with E-state index in [1.165, 1.54) is 15.5 Å². The van der Waals surface area contributed by atoms with Gasteiger partial charge < -0.3 is 10.1 Å². The lowest BCUT2D eigenvalue weighted by Crippen LogP contribution is -2.44. The number of anilines is 2. The molecule has 0 spiro atoms. The number of hydrogen-bond donors (Lipinski definition) is 1.